The smallest absolute Gasteiger partial charge is 0.408 e. The Morgan fingerprint density at radius 1 is 0.756 bits per heavy atom. The number of amides is 3. The molecule has 0 saturated heterocycles. The lowest BCUT2D eigenvalue weighted by Crippen LogP contribution is -2.57. The number of alkyl carbamates (subject to hydrolysis) is 1. The van der Waals surface area contributed by atoms with Gasteiger partial charge in [-0.15, -0.1) is 0 Å². The molecule has 1 N–H and O–H groups in total. The van der Waals surface area contributed by atoms with Crippen LogP contribution in [0.4, 0.5) is 4.79 Å². The van der Waals surface area contributed by atoms with Crippen LogP contribution < -0.4 is 5.32 Å². The molecule has 0 saturated carbocycles. The van der Waals surface area contributed by atoms with Gasteiger partial charge in [0.15, 0.2) is 0 Å². The second-order valence-corrected chi connectivity index (χ2v) is 13.1. The van der Waals surface area contributed by atoms with Crippen LogP contribution in [-0.4, -0.2) is 71.5 Å². The first kappa shape index (κ1) is 35.9. The third kappa shape index (κ3) is 13.0. The fourth-order valence-corrected chi connectivity index (χ4v) is 4.49. The third-order valence-corrected chi connectivity index (χ3v) is 6.50. The highest BCUT2D eigenvalue weighted by Crippen LogP contribution is 2.21. The summed E-state index contributed by atoms with van der Waals surface area (Å²) in [7, 11) is 3.17. The maximum absolute atomic E-state index is 14.0. The van der Waals surface area contributed by atoms with Gasteiger partial charge in [-0.3, -0.25) is 9.59 Å². The lowest BCUT2D eigenvalue weighted by Gasteiger charge is -2.37. The molecule has 0 aromatic heterocycles. The Morgan fingerprint density at radius 3 is 1.73 bits per heavy atom. The van der Waals surface area contributed by atoms with Gasteiger partial charge in [-0.25, -0.2) is 9.59 Å². The zero-order valence-corrected chi connectivity index (χ0v) is 27.0. The summed E-state index contributed by atoms with van der Waals surface area (Å²) in [5.41, 5.74) is 0.135. The van der Waals surface area contributed by atoms with Crippen LogP contribution in [0, 0.1) is 17.8 Å². The molecule has 1 rings (SSSR count). The van der Waals surface area contributed by atoms with E-state index in [0.717, 1.165) is 5.56 Å². The number of carbonyl (C=O) groups excluding carboxylic acids is 4. The van der Waals surface area contributed by atoms with Gasteiger partial charge in [-0.1, -0.05) is 71.9 Å². The number of nitrogens with zero attached hydrogens (tertiary/aromatic N) is 2. The molecule has 232 valence electrons. The predicted molar refractivity (Wildman–Crippen MR) is 161 cm³/mol. The predicted octanol–water partition coefficient (Wildman–Crippen LogP) is 5.42. The number of ether oxygens (including phenoxy) is 2. The van der Waals surface area contributed by atoms with Crippen molar-refractivity contribution >= 4 is 23.9 Å². The Kier molecular flexibility index (Phi) is 14.3. The molecule has 0 unspecified atom stereocenters. The topological polar surface area (TPSA) is 105 Å². The fourth-order valence-electron chi connectivity index (χ4n) is 4.49. The van der Waals surface area contributed by atoms with Crippen LogP contribution in [0.15, 0.2) is 30.3 Å². The van der Waals surface area contributed by atoms with Crippen LogP contribution in [0.25, 0.3) is 0 Å². The quantitative estimate of drug-likeness (QED) is 0.297. The zero-order valence-electron chi connectivity index (χ0n) is 27.0. The van der Waals surface area contributed by atoms with Gasteiger partial charge in [0.05, 0.1) is 0 Å². The van der Waals surface area contributed by atoms with Gasteiger partial charge in [0.25, 0.3) is 0 Å². The molecule has 0 fully saturated rings. The summed E-state index contributed by atoms with van der Waals surface area (Å²) in [4.78, 5) is 56.4. The number of carbonyl (C=O) groups is 4. The molecular formula is C32H53N3O6. The van der Waals surface area contributed by atoms with Crippen molar-refractivity contribution in [2.75, 3.05) is 14.1 Å². The van der Waals surface area contributed by atoms with E-state index in [-0.39, 0.29) is 36.2 Å². The molecule has 3 atom stereocenters. The molecule has 0 heterocycles. The molecule has 0 aliphatic heterocycles. The molecule has 0 radical (unpaired) electrons. The van der Waals surface area contributed by atoms with E-state index in [4.69, 9.17) is 9.47 Å². The van der Waals surface area contributed by atoms with Crippen LogP contribution in [-0.2, 0) is 30.5 Å². The molecule has 0 aliphatic rings. The van der Waals surface area contributed by atoms with E-state index < -0.39 is 35.8 Å². The fraction of sp³-hybridized carbons (Fsp3) is 0.688. The summed E-state index contributed by atoms with van der Waals surface area (Å²) in [6.45, 7) is 17.2. The van der Waals surface area contributed by atoms with Crippen LogP contribution in [0.1, 0.15) is 87.1 Å². The summed E-state index contributed by atoms with van der Waals surface area (Å²) in [6, 6.07) is 6.87. The largest absolute Gasteiger partial charge is 0.459 e. The van der Waals surface area contributed by atoms with Gasteiger partial charge >= 0.3 is 12.1 Å². The maximum atomic E-state index is 14.0. The number of hydrogen-bond acceptors (Lipinski definition) is 6. The lowest BCUT2D eigenvalue weighted by atomic mass is 9.97. The molecule has 1 aromatic rings. The van der Waals surface area contributed by atoms with Gasteiger partial charge in [-0.05, 0) is 63.4 Å². The second kappa shape index (κ2) is 16.4. The minimum Gasteiger partial charge on any atom is -0.459 e. The number of esters is 1. The van der Waals surface area contributed by atoms with Gasteiger partial charge in [0.2, 0.25) is 11.8 Å². The third-order valence-electron chi connectivity index (χ3n) is 6.50. The first-order valence-electron chi connectivity index (χ1n) is 14.7. The molecule has 9 heteroatoms. The first-order valence-corrected chi connectivity index (χ1v) is 14.7. The van der Waals surface area contributed by atoms with Gasteiger partial charge in [0, 0.05) is 14.1 Å². The molecule has 1 aromatic carbocycles. The van der Waals surface area contributed by atoms with Crippen LogP contribution in [0.5, 0.6) is 0 Å². The van der Waals surface area contributed by atoms with E-state index in [2.05, 4.69) is 5.32 Å². The molecular weight excluding hydrogens is 522 g/mol. The first-order chi connectivity index (χ1) is 18.9. The zero-order chi connectivity index (χ0) is 31.5. The van der Waals surface area contributed by atoms with Crippen molar-refractivity contribution in [1.29, 1.82) is 0 Å². The Labute approximate surface area is 247 Å². The van der Waals surface area contributed by atoms with E-state index in [1.54, 1.807) is 34.9 Å². The van der Waals surface area contributed by atoms with E-state index >= 15 is 0 Å². The maximum Gasteiger partial charge on any atom is 0.408 e. The second-order valence-electron chi connectivity index (χ2n) is 13.1. The number of benzene rings is 1. The molecule has 9 nitrogen and oxygen atoms in total. The number of nitrogens with one attached hydrogen (secondary N) is 1. The minimum atomic E-state index is -0.870. The molecule has 0 aliphatic carbocycles. The van der Waals surface area contributed by atoms with Crippen molar-refractivity contribution in [2.45, 2.75) is 112 Å². The summed E-state index contributed by atoms with van der Waals surface area (Å²) in [5, 5.41) is 2.71. The monoisotopic (exact) mass is 575 g/mol. The number of rotatable bonds is 14. The highest BCUT2D eigenvalue weighted by molar-refractivity contribution is 5.93. The van der Waals surface area contributed by atoms with Gasteiger partial charge in [0.1, 0.15) is 30.3 Å². The summed E-state index contributed by atoms with van der Waals surface area (Å²) in [5.74, 6) is -0.912. The van der Waals surface area contributed by atoms with Gasteiger partial charge in [-0.2, -0.15) is 0 Å². The van der Waals surface area contributed by atoms with Crippen LogP contribution >= 0.6 is 0 Å². The molecule has 0 spiro atoms. The Bertz CT molecular complexity index is 987. The normalized spacial score (nSPS) is 13.9. The van der Waals surface area contributed by atoms with E-state index in [1.807, 2.05) is 71.9 Å². The van der Waals surface area contributed by atoms with Gasteiger partial charge < -0.3 is 24.6 Å². The molecule has 0 bridgehead atoms. The highest BCUT2D eigenvalue weighted by Gasteiger charge is 2.38. The summed E-state index contributed by atoms with van der Waals surface area (Å²) in [6.07, 6.45) is 0.493. The van der Waals surface area contributed by atoms with Crippen molar-refractivity contribution in [3.63, 3.8) is 0 Å². The van der Waals surface area contributed by atoms with Crippen molar-refractivity contribution in [1.82, 2.24) is 15.1 Å². The van der Waals surface area contributed by atoms with Crippen LogP contribution in [0.2, 0.25) is 0 Å². The number of likely N-dealkylation sites (N-methyl/N-ethyl adjacent to an activating group) is 2. The number of hydrogen-bond donors (Lipinski definition) is 1. The molecule has 41 heavy (non-hydrogen) atoms. The van der Waals surface area contributed by atoms with Crippen molar-refractivity contribution in [3.05, 3.63) is 35.9 Å². The SMILES string of the molecule is CC(C)C[C@H](NC(=O)OC(C)(C)C)C(=O)N(C)[C@@H](CC(C)C)C(=O)N(C)[C@@H](CC(C)C)C(=O)OCc1ccccc1. The van der Waals surface area contributed by atoms with Crippen LogP contribution in [0.3, 0.4) is 0 Å². The van der Waals surface area contributed by atoms with E-state index in [1.165, 1.54) is 9.80 Å². The van der Waals surface area contributed by atoms with E-state index in [9.17, 15) is 19.2 Å². The average Bonchev–Trinajstić information content (AvgIpc) is 2.86. The lowest BCUT2D eigenvalue weighted by molar-refractivity contribution is -0.158. The Morgan fingerprint density at radius 2 is 1.24 bits per heavy atom. The van der Waals surface area contributed by atoms with Crippen molar-refractivity contribution < 1.29 is 28.7 Å². The Balaban J connectivity index is 3.22. The van der Waals surface area contributed by atoms with Crippen molar-refractivity contribution in [3.8, 4) is 0 Å². The highest BCUT2D eigenvalue weighted by atomic mass is 16.6. The standard InChI is InChI=1S/C32H53N3O6/c1-21(2)17-25(33-31(39)41-32(7,8)9)28(36)34(10)26(18-22(3)4)29(37)35(11)27(19-23(5)6)30(38)40-20-24-15-13-12-14-16-24/h12-16,21-23,25-27H,17-20H2,1-11H3,(H,33,39)/t25-,26-,27-/m0/s1. The van der Waals surface area contributed by atoms with Crippen molar-refractivity contribution in [2.24, 2.45) is 17.8 Å². The van der Waals surface area contributed by atoms with E-state index in [0.29, 0.717) is 19.3 Å². The Hall–Kier alpha value is -3.10. The minimum absolute atomic E-state index is 0.0866. The summed E-state index contributed by atoms with van der Waals surface area (Å²) >= 11 is 0. The average molecular weight is 576 g/mol. The summed E-state index contributed by atoms with van der Waals surface area (Å²) < 4.78 is 11.0. The molecule has 3 amide bonds.